The number of halogens is 1. The lowest BCUT2D eigenvalue weighted by Gasteiger charge is -2.01. The second kappa shape index (κ2) is 5.05. The van der Waals surface area contributed by atoms with Crippen LogP contribution >= 0.6 is 0 Å². The quantitative estimate of drug-likeness (QED) is 0.881. The summed E-state index contributed by atoms with van der Waals surface area (Å²) < 4.78 is 18.1. The van der Waals surface area contributed by atoms with Gasteiger partial charge in [0.1, 0.15) is 5.82 Å². The average Bonchev–Trinajstić information content (AvgIpc) is 2.76. The van der Waals surface area contributed by atoms with Gasteiger partial charge in [0.2, 0.25) is 5.89 Å². The number of benzene rings is 1. The highest BCUT2D eigenvalue weighted by Gasteiger charge is 2.12. The molecule has 0 saturated carbocycles. The van der Waals surface area contributed by atoms with Crippen LogP contribution in [0.5, 0.6) is 0 Å². The van der Waals surface area contributed by atoms with E-state index in [9.17, 15) is 4.39 Å². The molecule has 5 heteroatoms. The van der Waals surface area contributed by atoms with Crippen molar-refractivity contribution in [3.63, 3.8) is 0 Å². The van der Waals surface area contributed by atoms with Gasteiger partial charge >= 0.3 is 0 Å². The first-order valence-corrected chi connectivity index (χ1v) is 5.43. The summed E-state index contributed by atoms with van der Waals surface area (Å²) in [6.45, 7) is 1.93. The largest absolute Gasteiger partial charge is 0.338 e. The van der Waals surface area contributed by atoms with Crippen LogP contribution in [0.25, 0.3) is 0 Å². The van der Waals surface area contributed by atoms with Crippen LogP contribution in [-0.4, -0.2) is 17.2 Å². The van der Waals surface area contributed by atoms with Crippen LogP contribution in [0.1, 0.15) is 30.2 Å². The lowest BCUT2D eigenvalue weighted by atomic mass is 10.1. The van der Waals surface area contributed by atoms with Crippen LogP contribution in [0.15, 0.2) is 28.8 Å². The Hall–Kier alpha value is -1.75. The molecule has 0 bridgehead atoms. The molecule has 1 aromatic carbocycles. The Morgan fingerprint density at radius 3 is 3.00 bits per heavy atom. The molecule has 1 aromatic heterocycles. The van der Waals surface area contributed by atoms with Crippen molar-refractivity contribution < 1.29 is 8.91 Å². The molecule has 0 radical (unpaired) electrons. The summed E-state index contributed by atoms with van der Waals surface area (Å²) in [6.07, 6.45) is 0.470. The van der Waals surface area contributed by atoms with Crippen LogP contribution in [0.3, 0.4) is 0 Å². The van der Waals surface area contributed by atoms with E-state index in [2.05, 4.69) is 15.5 Å². The molecular weight excluding hydrogens is 221 g/mol. The second-order valence-electron chi connectivity index (χ2n) is 3.87. The van der Waals surface area contributed by atoms with Gasteiger partial charge in [-0.3, -0.25) is 0 Å². The lowest BCUT2D eigenvalue weighted by Crippen LogP contribution is -2.12. The van der Waals surface area contributed by atoms with Crippen LogP contribution in [0.2, 0.25) is 0 Å². The molecule has 0 aliphatic heterocycles. The Bertz CT molecular complexity index is 498. The summed E-state index contributed by atoms with van der Waals surface area (Å²) in [4.78, 5) is 4.24. The molecule has 1 unspecified atom stereocenters. The highest BCUT2D eigenvalue weighted by atomic mass is 19.1. The van der Waals surface area contributed by atoms with Gasteiger partial charge in [-0.05, 0) is 31.7 Å². The molecule has 0 saturated heterocycles. The van der Waals surface area contributed by atoms with Gasteiger partial charge in [0, 0.05) is 6.42 Å². The number of hydrogen-bond donors (Lipinski definition) is 1. The number of rotatable bonds is 4. The van der Waals surface area contributed by atoms with Gasteiger partial charge in [0.05, 0.1) is 6.04 Å². The van der Waals surface area contributed by atoms with E-state index < -0.39 is 0 Å². The molecule has 1 atom stereocenters. The summed E-state index contributed by atoms with van der Waals surface area (Å²) in [6, 6.07) is 6.40. The minimum absolute atomic E-state index is 0.0174. The molecule has 0 amide bonds. The highest BCUT2D eigenvalue weighted by Crippen LogP contribution is 2.12. The number of nitrogens with one attached hydrogen (secondary N) is 1. The molecular formula is C12H14FN3O. The van der Waals surface area contributed by atoms with Crippen LogP contribution in [0, 0.1) is 5.82 Å². The zero-order valence-electron chi connectivity index (χ0n) is 9.77. The van der Waals surface area contributed by atoms with E-state index in [-0.39, 0.29) is 11.9 Å². The normalized spacial score (nSPS) is 12.6. The third-order valence-electron chi connectivity index (χ3n) is 2.54. The van der Waals surface area contributed by atoms with Crippen molar-refractivity contribution in [3.05, 3.63) is 47.4 Å². The van der Waals surface area contributed by atoms with E-state index >= 15 is 0 Å². The van der Waals surface area contributed by atoms with Crippen molar-refractivity contribution in [3.8, 4) is 0 Å². The Morgan fingerprint density at radius 2 is 2.29 bits per heavy atom. The van der Waals surface area contributed by atoms with E-state index in [1.54, 1.807) is 6.07 Å². The van der Waals surface area contributed by atoms with Gasteiger partial charge in [0.25, 0.3) is 0 Å². The number of aromatic nitrogens is 2. The lowest BCUT2D eigenvalue weighted by molar-refractivity contribution is 0.344. The maximum absolute atomic E-state index is 13.0. The summed E-state index contributed by atoms with van der Waals surface area (Å²) in [5, 5.41) is 6.87. The van der Waals surface area contributed by atoms with Crippen LogP contribution in [-0.2, 0) is 6.42 Å². The van der Waals surface area contributed by atoms with E-state index in [4.69, 9.17) is 4.52 Å². The fraction of sp³-hybridized carbons (Fsp3) is 0.333. The average molecular weight is 235 g/mol. The molecule has 90 valence electrons. The van der Waals surface area contributed by atoms with Crippen molar-refractivity contribution in [1.82, 2.24) is 15.5 Å². The van der Waals surface area contributed by atoms with Crippen molar-refractivity contribution in [2.24, 2.45) is 0 Å². The summed E-state index contributed by atoms with van der Waals surface area (Å²) in [7, 11) is 1.82. The van der Waals surface area contributed by atoms with E-state index in [0.717, 1.165) is 5.56 Å². The van der Waals surface area contributed by atoms with Gasteiger partial charge < -0.3 is 9.84 Å². The molecule has 0 spiro atoms. The third kappa shape index (κ3) is 2.88. The SMILES string of the molecule is CNC(C)c1nc(Cc2cccc(F)c2)no1. The predicted octanol–water partition coefficient (Wildman–Crippen LogP) is 2.08. The maximum atomic E-state index is 13.0. The number of hydrogen-bond acceptors (Lipinski definition) is 4. The third-order valence-corrected chi connectivity index (χ3v) is 2.54. The molecule has 2 aromatic rings. The van der Waals surface area contributed by atoms with E-state index in [1.807, 2.05) is 20.0 Å². The molecule has 0 aliphatic rings. The van der Waals surface area contributed by atoms with Crippen molar-refractivity contribution in [2.45, 2.75) is 19.4 Å². The van der Waals surface area contributed by atoms with E-state index in [1.165, 1.54) is 12.1 Å². The Labute approximate surface area is 98.8 Å². The first kappa shape index (κ1) is 11.7. The molecule has 1 N–H and O–H groups in total. The van der Waals surface area contributed by atoms with Gasteiger partial charge in [-0.2, -0.15) is 4.98 Å². The zero-order valence-corrected chi connectivity index (χ0v) is 9.77. The second-order valence-corrected chi connectivity index (χ2v) is 3.87. The van der Waals surface area contributed by atoms with Gasteiger partial charge in [-0.25, -0.2) is 4.39 Å². The first-order valence-electron chi connectivity index (χ1n) is 5.43. The Kier molecular flexibility index (Phi) is 3.49. The molecule has 0 aliphatic carbocycles. The smallest absolute Gasteiger partial charge is 0.243 e. The molecule has 0 fully saturated rings. The van der Waals surface area contributed by atoms with Crippen molar-refractivity contribution in [2.75, 3.05) is 7.05 Å². The standard InChI is InChI=1S/C12H14FN3O/c1-8(14-2)12-15-11(16-17-12)7-9-4-3-5-10(13)6-9/h3-6,8,14H,7H2,1-2H3. The Morgan fingerprint density at radius 1 is 1.47 bits per heavy atom. The van der Waals surface area contributed by atoms with Gasteiger partial charge in [-0.15, -0.1) is 0 Å². The first-order chi connectivity index (χ1) is 8.19. The zero-order chi connectivity index (χ0) is 12.3. The predicted molar refractivity (Wildman–Crippen MR) is 61.0 cm³/mol. The summed E-state index contributed by atoms with van der Waals surface area (Å²) in [5.74, 6) is 0.849. The highest BCUT2D eigenvalue weighted by molar-refractivity contribution is 5.19. The van der Waals surface area contributed by atoms with Gasteiger partial charge in [0.15, 0.2) is 5.82 Å². The summed E-state index contributed by atoms with van der Waals surface area (Å²) >= 11 is 0. The minimum atomic E-state index is -0.255. The molecule has 1 heterocycles. The fourth-order valence-electron chi connectivity index (χ4n) is 1.47. The van der Waals surface area contributed by atoms with Gasteiger partial charge in [-0.1, -0.05) is 17.3 Å². The topological polar surface area (TPSA) is 51.0 Å². The maximum Gasteiger partial charge on any atom is 0.243 e. The van der Waals surface area contributed by atoms with Crippen molar-refractivity contribution in [1.29, 1.82) is 0 Å². The Balaban J connectivity index is 2.11. The number of nitrogens with zero attached hydrogens (tertiary/aromatic N) is 2. The van der Waals surface area contributed by atoms with Crippen LogP contribution < -0.4 is 5.32 Å². The minimum Gasteiger partial charge on any atom is -0.338 e. The monoisotopic (exact) mass is 235 g/mol. The van der Waals surface area contributed by atoms with Crippen molar-refractivity contribution >= 4 is 0 Å². The molecule has 4 nitrogen and oxygen atoms in total. The molecule has 2 rings (SSSR count). The van der Waals surface area contributed by atoms with Crippen LogP contribution in [0.4, 0.5) is 4.39 Å². The fourth-order valence-corrected chi connectivity index (χ4v) is 1.47. The van der Waals surface area contributed by atoms with E-state index in [0.29, 0.717) is 18.1 Å². The summed E-state index contributed by atoms with van der Waals surface area (Å²) in [5.41, 5.74) is 0.828. The molecule has 17 heavy (non-hydrogen) atoms.